The highest BCUT2D eigenvalue weighted by Gasteiger charge is 2.20. The molecule has 0 fully saturated rings. The van der Waals surface area contributed by atoms with Crippen LogP contribution in [0.3, 0.4) is 0 Å². The van der Waals surface area contributed by atoms with E-state index in [-0.39, 0.29) is 11.9 Å². The van der Waals surface area contributed by atoms with Gasteiger partial charge in [-0.05, 0) is 27.7 Å². The molecular formula is C13H18ClN5O. The van der Waals surface area contributed by atoms with Gasteiger partial charge in [0.2, 0.25) is 0 Å². The number of aromatic nitrogens is 4. The lowest BCUT2D eigenvalue weighted by Gasteiger charge is -2.06. The van der Waals surface area contributed by atoms with Gasteiger partial charge in [0.05, 0.1) is 22.6 Å². The first-order valence-electron chi connectivity index (χ1n) is 6.52. The first-order valence-corrected chi connectivity index (χ1v) is 6.90. The molecule has 0 unspecified atom stereocenters. The summed E-state index contributed by atoms with van der Waals surface area (Å²) in [7, 11) is 0. The number of nitrogens with one attached hydrogen (secondary N) is 1. The Kier molecular flexibility index (Phi) is 4.13. The van der Waals surface area contributed by atoms with Crippen LogP contribution >= 0.6 is 11.6 Å². The number of halogens is 1. The van der Waals surface area contributed by atoms with Crippen LogP contribution in [0.1, 0.15) is 43.0 Å². The molecule has 0 radical (unpaired) electrons. The number of carbonyl (C=O) groups is 1. The molecule has 2 rings (SSSR count). The number of aryl methyl sites for hydroxylation is 2. The third-order valence-corrected chi connectivity index (χ3v) is 3.41. The summed E-state index contributed by atoms with van der Waals surface area (Å²) in [6.45, 7) is 8.32. The molecule has 2 aromatic rings. The Morgan fingerprint density at radius 3 is 2.75 bits per heavy atom. The van der Waals surface area contributed by atoms with Gasteiger partial charge in [-0.3, -0.25) is 14.2 Å². The van der Waals surface area contributed by atoms with Gasteiger partial charge in [-0.15, -0.1) is 0 Å². The molecule has 108 valence electrons. The zero-order valence-electron chi connectivity index (χ0n) is 12.0. The SMILES string of the molecule is CCn1nc(C)c(Cl)c1C(=O)Nc1cnn(C(C)C)c1. The van der Waals surface area contributed by atoms with Crippen molar-refractivity contribution >= 4 is 23.2 Å². The predicted octanol–water partition coefficient (Wildman–Crippen LogP) is 2.89. The second-order valence-corrected chi connectivity index (χ2v) is 5.20. The molecule has 0 saturated heterocycles. The van der Waals surface area contributed by atoms with E-state index in [1.54, 1.807) is 28.7 Å². The molecule has 0 saturated carbocycles. The van der Waals surface area contributed by atoms with Gasteiger partial charge in [-0.2, -0.15) is 10.2 Å². The molecule has 0 aliphatic heterocycles. The van der Waals surface area contributed by atoms with Gasteiger partial charge in [0, 0.05) is 18.8 Å². The number of anilines is 1. The van der Waals surface area contributed by atoms with E-state index in [4.69, 9.17) is 11.6 Å². The van der Waals surface area contributed by atoms with E-state index in [0.29, 0.717) is 28.6 Å². The van der Waals surface area contributed by atoms with Crippen LogP contribution in [0.4, 0.5) is 5.69 Å². The minimum atomic E-state index is -0.277. The normalized spacial score (nSPS) is 11.1. The highest BCUT2D eigenvalue weighted by atomic mass is 35.5. The molecule has 0 aromatic carbocycles. The Bertz CT molecular complexity index is 629. The molecule has 7 heteroatoms. The van der Waals surface area contributed by atoms with Gasteiger partial charge in [-0.25, -0.2) is 0 Å². The van der Waals surface area contributed by atoms with Crippen molar-refractivity contribution in [3.63, 3.8) is 0 Å². The fourth-order valence-corrected chi connectivity index (χ4v) is 2.10. The minimum absolute atomic E-state index is 0.243. The van der Waals surface area contributed by atoms with Crippen molar-refractivity contribution in [2.75, 3.05) is 5.32 Å². The lowest BCUT2D eigenvalue weighted by atomic mass is 10.3. The van der Waals surface area contributed by atoms with Gasteiger partial charge in [0.25, 0.3) is 5.91 Å². The summed E-state index contributed by atoms with van der Waals surface area (Å²) in [5.41, 5.74) is 1.67. The largest absolute Gasteiger partial charge is 0.318 e. The number of rotatable bonds is 4. The molecule has 1 N–H and O–H groups in total. The third kappa shape index (κ3) is 2.70. The second-order valence-electron chi connectivity index (χ2n) is 4.82. The molecule has 0 spiro atoms. The number of nitrogens with zero attached hydrogens (tertiary/aromatic N) is 4. The maximum absolute atomic E-state index is 12.3. The first kappa shape index (κ1) is 14.6. The van der Waals surface area contributed by atoms with E-state index in [1.165, 1.54) is 0 Å². The van der Waals surface area contributed by atoms with Crippen molar-refractivity contribution in [2.45, 2.75) is 40.3 Å². The molecule has 0 atom stereocenters. The Balaban J connectivity index is 2.23. The Labute approximate surface area is 122 Å². The van der Waals surface area contributed by atoms with Crippen LogP contribution in [0, 0.1) is 6.92 Å². The van der Waals surface area contributed by atoms with E-state index >= 15 is 0 Å². The fourth-order valence-electron chi connectivity index (χ4n) is 1.88. The molecule has 0 aliphatic carbocycles. The topological polar surface area (TPSA) is 64.7 Å². The Morgan fingerprint density at radius 2 is 2.20 bits per heavy atom. The van der Waals surface area contributed by atoms with Gasteiger partial charge in [0.15, 0.2) is 0 Å². The van der Waals surface area contributed by atoms with Gasteiger partial charge >= 0.3 is 0 Å². The van der Waals surface area contributed by atoms with E-state index in [9.17, 15) is 4.79 Å². The quantitative estimate of drug-likeness (QED) is 0.943. The maximum Gasteiger partial charge on any atom is 0.275 e. The standard InChI is InChI=1S/C13H18ClN5O/c1-5-18-12(11(14)9(4)17-18)13(20)16-10-6-15-19(7-10)8(2)3/h6-8H,5H2,1-4H3,(H,16,20). The molecule has 2 heterocycles. The fraction of sp³-hybridized carbons (Fsp3) is 0.462. The zero-order chi connectivity index (χ0) is 14.9. The Hall–Kier alpha value is -1.82. The smallest absolute Gasteiger partial charge is 0.275 e. The highest BCUT2D eigenvalue weighted by Crippen LogP contribution is 2.21. The van der Waals surface area contributed by atoms with Crippen LogP contribution < -0.4 is 5.32 Å². The van der Waals surface area contributed by atoms with E-state index < -0.39 is 0 Å². The molecule has 0 aliphatic rings. The van der Waals surface area contributed by atoms with Crippen molar-refractivity contribution < 1.29 is 4.79 Å². The van der Waals surface area contributed by atoms with Crippen molar-refractivity contribution in [1.29, 1.82) is 0 Å². The summed E-state index contributed by atoms with van der Waals surface area (Å²) < 4.78 is 3.37. The summed E-state index contributed by atoms with van der Waals surface area (Å²) in [5.74, 6) is -0.277. The lowest BCUT2D eigenvalue weighted by molar-refractivity contribution is 0.101. The van der Waals surface area contributed by atoms with E-state index in [0.717, 1.165) is 0 Å². The Morgan fingerprint density at radius 1 is 1.50 bits per heavy atom. The van der Waals surface area contributed by atoms with Crippen LogP contribution in [0.25, 0.3) is 0 Å². The molecule has 0 bridgehead atoms. The van der Waals surface area contributed by atoms with Crippen LogP contribution in [0.2, 0.25) is 5.02 Å². The predicted molar refractivity (Wildman–Crippen MR) is 78.2 cm³/mol. The lowest BCUT2D eigenvalue weighted by Crippen LogP contribution is -2.17. The zero-order valence-corrected chi connectivity index (χ0v) is 12.8. The van der Waals surface area contributed by atoms with Gasteiger partial charge < -0.3 is 5.32 Å². The molecule has 6 nitrogen and oxygen atoms in total. The summed E-state index contributed by atoms with van der Waals surface area (Å²) in [6.07, 6.45) is 3.40. The van der Waals surface area contributed by atoms with Crippen molar-refractivity contribution in [3.05, 3.63) is 28.8 Å². The molecule has 2 aromatic heterocycles. The van der Waals surface area contributed by atoms with Crippen molar-refractivity contribution in [2.24, 2.45) is 0 Å². The summed E-state index contributed by atoms with van der Waals surface area (Å²) >= 11 is 6.14. The van der Waals surface area contributed by atoms with Gasteiger partial charge in [0.1, 0.15) is 5.69 Å². The maximum atomic E-state index is 12.3. The number of carbonyl (C=O) groups excluding carboxylic acids is 1. The van der Waals surface area contributed by atoms with Crippen LogP contribution in [-0.2, 0) is 6.54 Å². The van der Waals surface area contributed by atoms with E-state index in [2.05, 4.69) is 15.5 Å². The summed E-state index contributed by atoms with van der Waals surface area (Å²) in [6, 6.07) is 0.243. The minimum Gasteiger partial charge on any atom is -0.318 e. The van der Waals surface area contributed by atoms with Crippen LogP contribution in [0.15, 0.2) is 12.4 Å². The number of amides is 1. The summed E-state index contributed by atoms with van der Waals surface area (Å²) in [4.78, 5) is 12.3. The molecular weight excluding hydrogens is 278 g/mol. The van der Waals surface area contributed by atoms with Crippen LogP contribution in [0.5, 0.6) is 0 Å². The second kappa shape index (κ2) is 5.66. The third-order valence-electron chi connectivity index (χ3n) is 2.96. The monoisotopic (exact) mass is 295 g/mol. The van der Waals surface area contributed by atoms with Crippen LogP contribution in [-0.4, -0.2) is 25.5 Å². The first-order chi connectivity index (χ1) is 9.43. The number of hydrogen-bond acceptors (Lipinski definition) is 3. The van der Waals surface area contributed by atoms with Gasteiger partial charge in [-0.1, -0.05) is 11.6 Å². The van der Waals surface area contributed by atoms with E-state index in [1.807, 2.05) is 20.8 Å². The average molecular weight is 296 g/mol. The van der Waals surface area contributed by atoms with Crippen molar-refractivity contribution in [1.82, 2.24) is 19.6 Å². The van der Waals surface area contributed by atoms with Crippen molar-refractivity contribution in [3.8, 4) is 0 Å². The highest BCUT2D eigenvalue weighted by molar-refractivity contribution is 6.34. The summed E-state index contributed by atoms with van der Waals surface area (Å²) in [5, 5.41) is 11.6. The average Bonchev–Trinajstić information content (AvgIpc) is 2.95. The number of hydrogen-bond donors (Lipinski definition) is 1. The molecule has 20 heavy (non-hydrogen) atoms. The molecule has 1 amide bonds.